The molecule has 0 bridgehead atoms. The van der Waals surface area contributed by atoms with Crippen LogP contribution in [-0.2, 0) is 0 Å². The minimum Gasteiger partial charge on any atom is -0.595 e. The molecule has 25 heavy (non-hydrogen) atoms. The fourth-order valence-corrected chi connectivity index (χ4v) is 2.53. The molecule has 0 spiro atoms. The number of aliphatic imine (C=N–C) groups is 1. The third kappa shape index (κ3) is 5.62. The smallest absolute Gasteiger partial charge is 0.173 e. The summed E-state index contributed by atoms with van der Waals surface area (Å²) in [6, 6.07) is 11.7. The number of amidine groups is 1. The molecule has 132 valence electrons. The van der Waals surface area contributed by atoms with E-state index in [2.05, 4.69) is 4.99 Å². The molecule has 10 heteroatoms. The molecule has 2 rings (SSSR count). The zero-order valence-electron chi connectivity index (χ0n) is 12.9. The van der Waals surface area contributed by atoms with Gasteiger partial charge in [-0.1, -0.05) is 30.0 Å². The van der Waals surface area contributed by atoms with E-state index in [-0.39, 0.29) is 33.6 Å². The third-order valence-electron chi connectivity index (χ3n) is 3.12. The van der Waals surface area contributed by atoms with Crippen molar-refractivity contribution in [3.8, 4) is 0 Å². The van der Waals surface area contributed by atoms with Crippen LogP contribution in [-0.4, -0.2) is 27.1 Å². The van der Waals surface area contributed by atoms with Crippen molar-refractivity contribution in [3.05, 3.63) is 64.5 Å². The van der Waals surface area contributed by atoms with Crippen molar-refractivity contribution in [2.45, 2.75) is 0 Å². The van der Waals surface area contributed by atoms with E-state index in [1.165, 1.54) is 36.4 Å². The topological polar surface area (TPSA) is 151 Å². The minimum absolute atomic E-state index is 0.0168. The Morgan fingerprint density at radius 2 is 1.68 bits per heavy atom. The van der Waals surface area contributed by atoms with Crippen LogP contribution in [0.2, 0.25) is 0 Å². The van der Waals surface area contributed by atoms with E-state index in [1.54, 1.807) is 12.1 Å². The Bertz CT molecular complexity index is 782. The van der Waals surface area contributed by atoms with E-state index in [9.17, 15) is 15.2 Å². The van der Waals surface area contributed by atoms with Gasteiger partial charge in [-0.05, 0) is 6.07 Å². The highest BCUT2D eigenvalue weighted by atomic mass is 32.2. The quantitative estimate of drug-likeness (QED) is 0.210. The molecule has 2 unspecified atom stereocenters. The number of carbonyl (C=O) groups is 1. The first-order chi connectivity index (χ1) is 11.9. The molecule has 0 aliphatic rings. The second kappa shape index (κ2) is 8.69. The predicted octanol–water partition coefficient (Wildman–Crippen LogP) is 0.0557. The maximum absolute atomic E-state index is 12.1. The highest BCUT2D eigenvalue weighted by Crippen LogP contribution is 2.18. The van der Waals surface area contributed by atoms with Gasteiger partial charge in [0.2, 0.25) is 0 Å². The fourth-order valence-electron chi connectivity index (χ4n) is 1.92. The minimum atomic E-state index is -1.11. The molecule has 0 radical (unpaired) electrons. The Morgan fingerprint density at radius 3 is 2.32 bits per heavy atom. The summed E-state index contributed by atoms with van der Waals surface area (Å²) in [5.41, 5.74) is 6.51. The van der Waals surface area contributed by atoms with E-state index < -0.39 is 10.5 Å². The summed E-state index contributed by atoms with van der Waals surface area (Å²) in [7, 11) is 0. The number of benzene rings is 2. The summed E-state index contributed by atoms with van der Waals surface area (Å²) < 4.78 is 0. The molecular formula is C15H16N4O5S. The number of Topliss-reactive ketones (excluding diaryl/α,β-unsaturated/α-hetero) is 1. The Balaban J connectivity index is 2.01. The van der Waals surface area contributed by atoms with Crippen LogP contribution < -0.4 is 16.2 Å². The molecule has 0 amide bonds. The fraction of sp³-hybridized carbons (Fsp3) is 0.0667. The zero-order valence-corrected chi connectivity index (χ0v) is 13.7. The Labute approximate surface area is 147 Å². The first kappa shape index (κ1) is 19.0. The van der Waals surface area contributed by atoms with Crippen LogP contribution in [0.1, 0.15) is 10.4 Å². The second-order valence-corrected chi connectivity index (χ2v) is 5.90. The number of ketones is 1. The number of nitrogens with zero attached hydrogens (tertiary/aromatic N) is 1. The Morgan fingerprint density at radius 1 is 1.08 bits per heavy atom. The van der Waals surface area contributed by atoms with E-state index in [0.29, 0.717) is 5.69 Å². The molecule has 0 aromatic heterocycles. The number of carbonyl (C=O) groups excluding carboxylic acids is 1. The van der Waals surface area contributed by atoms with Crippen LogP contribution in [0.25, 0.3) is 0 Å². The molecule has 0 aliphatic heterocycles. The van der Waals surface area contributed by atoms with Crippen LogP contribution in [0.4, 0.5) is 17.1 Å². The van der Waals surface area contributed by atoms with Gasteiger partial charge in [-0.3, -0.25) is 4.79 Å². The van der Waals surface area contributed by atoms with Crippen LogP contribution in [0.3, 0.4) is 0 Å². The average Bonchev–Trinajstić information content (AvgIpc) is 2.60. The number of thioether (sulfide) groups is 1. The van der Waals surface area contributed by atoms with Crippen molar-refractivity contribution in [1.29, 1.82) is 0 Å². The number of nitrogens with two attached hydrogens (primary N) is 1. The van der Waals surface area contributed by atoms with Crippen LogP contribution in [0.15, 0.2) is 53.5 Å². The van der Waals surface area contributed by atoms with E-state index in [4.69, 9.17) is 16.1 Å². The standard InChI is InChI=1S/C15H16N4O5S/c16-15(17-11-4-2-6-13(8-11)19(23)24)25-9-14(20)10-3-1-5-12(7-10)18(21)22/h1-8,18-19,21,23H,9H2,(H2,16,17). The lowest BCUT2D eigenvalue weighted by Crippen LogP contribution is -2.99. The van der Waals surface area contributed by atoms with Crippen LogP contribution in [0, 0.1) is 10.4 Å². The predicted molar refractivity (Wildman–Crippen MR) is 92.5 cm³/mol. The third-order valence-corrected chi connectivity index (χ3v) is 3.91. The van der Waals surface area contributed by atoms with E-state index in [0.717, 1.165) is 11.8 Å². The monoisotopic (exact) mass is 364 g/mol. The van der Waals surface area contributed by atoms with Crippen molar-refractivity contribution in [2.75, 3.05) is 5.75 Å². The van der Waals surface area contributed by atoms with Gasteiger partial charge in [-0.2, -0.15) is 10.5 Å². The lowest BCUT2D eigenvalue weighted by atomic mass is 10.1. The lowest BCUT2D eigenvalue weighted by molar-refractivity contribution is -0.991. The van der Waals surface area contributed by atoms with Gasteiger partial charge < -0.3 is 16.1 Å². The first-order valence-electron chi connectivity index (χ1n) is 7.03. The summed E-state index contributed by atoms with van der Waals surface area (Å²) in [5, 5.41) is 37.6. The summed E-state index contributed by atoms with van der Waals surface area (Å²) >= 11 is 0.986. The summed E-state index contributed by atoms with van der Waals surface area (Å²) in [6.07, 6.45) is 0. The molecule has 9 nitrogen and oxygen atoms in total. The van der Waals surface area contributed by atoms with Gasteiger partial charge in [-0.15, -0.1) is 0 Å². The molecule has 0 saturated carbocycles. The summed E-state index contributed by atoms with van der Waals surface area (Å²) in [4.78, 5) is 16.2. The SMILES string of the molecule is NC(=Nc1cccc([NH+]([O-])O)c1)SCC(=O)c1cccc([NH+]([O-])O)c1. The van der Waals surface area contributed by atoms with Gasteiger partial charge in [0.25, 0.3) is 0 Å². The molecule has 0 fully saturated rings. The van der Waals surface area contributed by atoms with E-state index >= 15 is 0 Å². The number of nitrogens with one attached hydrogen (secondary N) is 2. The highest BCUT2D eigenvalue weighted by molar-refractivity contribution is 8.14. The average molecular weight is 364 g/mol. The number of rotatable bonds is 6. The van der Waals surface area contributed by atoms with Gasteiger partial charge >= 0.3 is 0 Å². The van der Waals surface area contributed by atoms with E-state index in [1.807, 2.05) is 0 Å². The summed E-state index contributed by atoms with van der Waals surface area (Å²) in [6.45, 7) is 0. The van der Waals surface area contributed by atoms with Gasteiger partial charge in [0, 0.05) is 29.8 Å². The number of hydrogen-bond donors (Lipinski definition) is 5. The Kier molecular flexibility index (Phi) is 6.61. The molecular weight excluding hydrogens is 348 g/mol. The first-order valence-corrected chi connectivity index (χ1v) is 8.02. The second-order valence-electron chi connectivity index (χ2n) is 4.90. The molecule has 2 aromatic rings. The molecule has 2 atom stereocenters. The van der Waals surface area contributed by atoms with Crippen LogP contribution >= 0.6 is 11.8 Å². The normalized spacial score (nSPS) is 14.2. The molecule has 6 N–H and O–H groups in total. The van der Waals surface area contributed by atoms with Gasteiger partial charge in [0.15, 0.2) is 22.3 Å². The van der Waals surface area contributed by atoms with Crippen molar-refractivity contribution in [1.82, 2.24) is 0 Å². The van der Waals surface area contributed by atoms with Crippen molar-refractivity contribution < 1.29 is 25.7 Å². The van der Waals surface area contributed by atoms with Crippen LogP contribution in [0.5, 0.6) is 0 Å². The van der Waals surface area contributed by atoms with Crippen molar-refractivity contribution in [3.63, 3.8) is 0 Å². The van der Waals surface area contributed by atoms with Crippen molar-refractivity contribution in [2.24, 2.45) is 10.7 Å². The number of hydrogen-bond acceptors (Lipinski definition) is 7. The summed E-state index contributed by atoms with van der Waals surface area (Å²) in [5.74, 6) is -0.303. The maximum Gasteiger partial charge on any atom is 0.173 e. The molecule has 0 aliphatic carbocycles. The number of quaternary nitrogens is 2. The zero-order chi connectivity index (χ0) is 18.4. The molecule has 0 saturated heterocycles. The van der Waals surface area contributed by atoms with Gasteiger partial charge in [-0.25, -0.2) is 15.4 Å². The van der Waals surface area contributed by atoms with Gasteiger partial charge in [0.05, 0.1) is 11.4 Å². The molecule has 0 heterocycles. The maximum atomic E-state index is 12.1. The largest absolute Gasteiger partial charge is 0.595 e. The molecule has 2 aromatic carbocycles. The van der Waals surface area contributed by atoms with Crippen molar-refractivity contribution >= 4 is 39.8 Å². The lowest BCUT2D eigenvalue weighted by Gasteiger charge is -2.12. The highest BCUT2D eigenvalue weighted by Gasteiger charge is 2.10. The Hall–Kier alpha value is -2.31. The van der Waals surface area contributed by atoms with Gasteiger partial charge in [0.1, 0.15) is 0 Å².